The highest BCUT2D eigenvalue weighted by Crippen LogP contribution is 2.31. The van der Waals surface area contributed by atoms with Crippen LogP contribution in [-0.2, 0) is 4.74 Å². The van der Waals surface area contributed by atoms with E-state index in [1.165, 1.54) is 17.2 Å². The maximum absolute atomic E-state index is 10.3. The summed E-state index contributed by atoms with van der Waals surface area (Å²) in [6.45, 7) is 1.66. The number of aromatic nitrogens is 4. The normalized spacial score (nSPS) is 29.3. The van der Waals surface area contributed by atoms with E-state index in [2.05, 4.69) is 20.3 Å². The van der Waals surface area contributed by atoms with Gasteiger partial charge < -0.3 is 35.6 Å². The first-order valence-corrected chi connectivity index (χ1v) is 8.46. The SMILES string of the molecule is CC(=CCNc1ncnc2c1ncn2[C@@H]1O[C@@H](CO)[C@H](O)[C@@H](O)[C@@H]1O)CO. The van der Waals surface area contributed by atoms with Gasteiger partial charge in [-0.3, -0.25) is 4.57 Å². The first-order valence-electron chi connectivity index (χ1n) is 8.46. The molecule has 11 nitrogen and oxygen atoms in total. The fourth-order valence-corrected chi connectivity index (χ4v) is 2.87. The fraction of sp³-hybridized carbons (Fsp3) is 0.562. The van der Waals surface area contributed by atoms with Gasteiger partial charge in [-0.25, -0.2) is 15.0 Å². The second-order valence-electron chi connectivity index (χ2n) is 6.36. The molecule has 1 aliphatic rings. The molecule has 2 aromatic rings. The molecule has 1 saturated heterocycles. The Bertz CT molecular complexity index is 810. The van der Waals surface area contributed by atoms with Gasteiger partial charge in [0.1, 0.15) is 30.7 Å². The van der Waals surface area contributed by atoms with Crippen molar-refractivity contribution < 1.29 is 30.3 Å². The molecule has 2 aromatic heterocycles. The van der Waals surface area contributed by atoms with Gasteiger partial charge in [-0.2, -0.15) is 0 Å². The van der Waals surface area contributed by atoms with Crippen LogP contribution in [-0.4, -0.2) is 89.2 Å². The zero-order valence-electron chi connectivity index (χ0n) is 14.7. The largest absolute Gasteiger partial charge is 0.394 e. The summed E-state index contributed by atoms with van der Waals surface area (Å²) < 4.78 is 6.96. The van der Waals surface area contributed by atoms with E-state index in [1.54, 1.807) is 6.92 Å². The Balaban J connectivity index is 1.89. The monoisotopic (exact) mass is 381 g/mol. The zero-order chi connectivity index (χ0) is 19.6. The molecule has 0 aliphatic carbocycles. The molecule has 6 N–H and O–H groups in total. The lowest BCUT2D eigenvalue weighted by molar-refractivity contribution is -0.250. The summed E-state index contributed by atoms with van der Waals surface area (Å²) >= 11 is 0. The van der Waals surface area contributed by atoms with Gasteiger partial charge in [0.2, 0.25) is 0 Å². The van der Waals surface area contributed by atoms with E-state index in [1.807, 2.05) is 6.08 Å². The van der Waals surface area contributed by atoms with E-state index >= 15 is 0 Å². The summed E-state index contributed by atoms with van der Waals surface area (Å²) in [6, 6.07) is 0. The first kappa shape index (κ1) is 19.6. The summed E-state index contributed by atoms with van der Waals surface area (Å²) in [6.07, 6.45) is -2.00. The van der Waals surface area contributed by atoms with E-state index in [-0.39, 0.29) is 6.61 Å². The van der Waals surface area contributed by atoms with Crippen molar-refractivity contribution in [1.29, 1.82) is 0 Å². The van der Waals surface area contributed by atoms with Crippen molar-refractivity contribution in [2.45, 2.75) is 37.6 Å². The first-order chi connectivity index (χ1) is 13.0. The maximum atomic E-state index is 10.3. The quantitative estimate of drug-likeness (QED) is 0.313. The molecule has 1 fully saturated rings. The summed E-state index contributed by atoms with van der Waals surface area (Å²) in [7, 11) is 0. The molecule has 5 atom stereocenters. The van der Waals surface area contributed by atoms with Crippen molar-refractivity contribution >= 4 is 17.0 Å². The average molecular weight is 381 g/mol. The third-order valence-electron chi connectivity index (χ3n) is 4.47. The number of anilines is 1. The van der Waals surface area contributed by atoms with E-state index in [4.69, 9.17) is 9.84 Å². The Kier molecular flexibility index (Phi) is 5.99. The van der Waals surface area contributed by atoms with Crippen molar-refractivity contribution in [3.63, 3.8) is 0 Å². The molecule has 1 aliphatic heterocycles. The van der Waals surface area contributed by atoms with E-state index < -0.39 is 37.3 Å². The van der Waals surface area contributed by atoms with Gasteiger partial charge in [-0.15, -0.1) is 0 Å². The van der Waals surface area contributed by atoms with Gasteiger partial charge in [-0.05, 0) is 6.92 Å². The molecule has 0 saturated carbocycles. The van der Waals surface area contributed by atoms with Crippen molar-refractivity contribution in [2.24, 2.45) is 0 Å². The lowest BCUT2D eigenvalue weighted by atomic mass is 9.98. The van der Waals surface area contributed by atoms with Gasteiger partial charge >= 0.3 is 0 Å². The van der Waals surface area contributed by atoms with Crippen LogP contribution in [0.25, 0.3) is 11.2 Å². The van der Waals surface area contributed by atoms with Crippen molar-refractivity contribution in [1.82, 2.24) is 19.5 Å². The van der Waals surface area contributed by atoms with Crippen LogP contribution in [0.5, 0.6) is 0 Å². The molecule has 0 bridgehead atoms. The molecule has 3 heterocycles. The van der Waals surface area contributed by atoms with Crippen molar-refractivity contribution in [3.8, 4) is 0 Å². The van der Waals surface area contributed by atoms with Crippen LogP contribution in [0.15, 0.2) is 24.3 Å². The molecule has 11 heteroatoms. The predicted molar refractivity (Wildman–Crippen MR) is 93.7 cm³/mol. The molecule has 0 spiro atoms. The molecule has 27 heavy (non-hydrogen) atoms. The summed E-state index contributed by atoms with van der Waals surface area (Å²) in [5.41, 5.74) is 1.57. The Morgan fingerprint density at radius 1 is 1.19 bits per heavy atom. The number of imidazole rings is 1. The van der Waals surface area contributed by atoms with Crippen molar-refractivity contribution in [2.75, 3.05) is 25.1 Å². The minimum Gasteiger partial charge on any atom is -0.394 e. The number of fused-ring (bicyclic) bond motifs is 1. The molecule has 0 aromatic carbocycles. The minimum absolute atomic E-state index is 0.0351. The molecule has 0 amide bonds. The zero-order valence-corrected chi connectivity index (χ0v) is 14.7. The number of nitrogens with zero attached hydrogens (tertiary/aromatic N) is 4. The number of aliphatic hydroxyl groups is 5. The lowest BCUT2D eigenvalue weighted by Crippen LogP contribution is -2.56. The summed E-state index contributed by atoms with van der Waals surface area (Å²) in [5, 5.41) is 51.6. The second kappa shape index (κ2) is 8.25. The van der Waals surface area contributed by atoms with Crippen LogP contribution in [0.2, 0.25) is 0 Å². The fourth-order valence-electron chi connectivity index (χ4n) is 2.87. The van der Waals surface area contributed by atoms with Crippen LogP contribution in [0.1, 0.15) is 13.2 Å². The topological polar surface area (TPSA) is 166 Å². The standard InChI is InChI=1S/C16H23N5O6/c1-8(4-22)2-3-17-14-10-15(19-6-18-14)21(7-20-10)16-13(26)12(25)11(24)9(5-23)27-16/h2,6-7,9,11-13,16,22-26H,3-5H2,1H3,(H,17,18,19)/t9-,11-,12+,13-,16+/m0/s1. The van der Waals surface area contributed by atoms with E-state index in [0.29, 0.717) is 23.5 Å². The molecule has 148 valence electrons. The van der Waals surface area contributed by atoms with Crippen LogP contribution in [0, 0.1) is 0 Å². The van der Waals surface area contributed by atoms with Crippen LogP contribution in [0.4, 0.5) is 5.82 Å². The molecular weight excluding hydrogens is 358 g/mol. The van der Waals surface area contributed by atoms with Gasteiger partial charge in [0.25, 0.3) is 0 Å². The minimum atomic E-state index is -1.50. The highest BCUT2D eigenvalue weighted by Gasteiger charge is 2.44. The van der Waals surface area contributed by atoms with Gasteiger partial charge in [0.05, 0.1) is 19.5 Å². The van der Waals surface area contributed by atoms with Crippen molar-refractivity contribution in [3.05, 3.63) is 24.3 Å². The Labute approximate surface area is 154 Å². The van der Waals surface area contributed by atoms with Gasteiger partial charge in [0.15, 0.2) is 23.2 Å². The number of ether oxygens (including phenoxy) is 1. The molecule has 0 unspecified atom stereocenters. The van der Waals surface area contributed by atoms with Gasteiger partial charge in [0, 0.05) is 6.54 Å². The number of rotatable bonds is 6. The smallest absolute Gasteiger partial charge is 0.167 e. The number of hydrogen-bond acceptors (Lipinski definition) is 10. The third kappa shape index (κ3) is 3.78. The Morgan fingerprint density at radius 3 is 2.67 bits per heavy atom. The number of aliphatic hydroxyl groups excluding tert-OH is 5. The molecule has 0 radical (unpaired) electrons. The lowest BCUT2D eigenvalue weighted by Gasteiger charge is -2.40. The molecular formula is C16H23N5O6. The average Bonchev–Trinajstić information content (AvgIpc) is 3.11. The number of nitrogens with one attached hydrogen (secondary N) is 1. The summed E-state index contributed by atoms with van der Waals surface area (Å²) in [4.78, 5) is 12.6. The number of hydrogen-bond donors (Lipinski definition) is 6. The third-order valence-corrected chi connectivity index (χ3v) is 4.47. The van der Waals surface area contributed by atoms with Crippen LogP contribution >= 0.6 is 0 Å². The van der Waals surface area contributed by atoms with E-state index in [9.17, 15) is 20.4 Å². The van der Waals surface area contributed by atoms with Crippen LogP contribution < -0.4 is 5.32 Å². The summed E-state index contributed by atoms with van der Waals surface area (Å²) in [5.74, 6) is 0.449. The highest BCUT2D eigenvalue weighted by atomic mass is 16.6. The Hall–Kier alpha value is -2.15. The predicted octanol–water partition coefficient (Wildman–Crippen LogP) is -1.85. The Morgan fingerprint density at radius 2 is 1.96 bits per heavy atom. The van der Waals surface area contributed by atoms with Crippen LogP contribution in [0.3, 0.4) is 0 Å². The molecule has 3 rings (SSSR count). The van der Waals surface area contributed by atoms with E-state index in [0.717, 1.165) is 5.57 Å². The maximum Gasteiger partial charge on any atom is 0.167 e. The highest BCUT2D eigenvalue weighted by molar-refractivity contribution is 5.82. The second-order valence-corrected chi connectivity index (χ2v) is 6.36. The van der Waals surface area contributed by atoms with Gasteiger partial charge in [-0.1, -0.05) is 11.6 Å².